The third-order valence-corrected chi connectivity index (χ3v) is 3.29. The number of hydrogen-bond donors (Lipinski definition) is 0. The van der Waals surface area contributed by atoms with E-state index in [2.05, 4.69) is 15.9 Å². The van der Waals surface area contributed by atoms with Gasteiger partial charge < -0.3 is 9.32 Å². The van der Waals surface area contributed by atoms with E-state index in [4.69, 9.17) is 4.42 Å². The van der Waals surface area contributed by atoms with Crippen LogP contribution in [-0.2, 0) is 6.54 Å². The molecule has 0 N–H and O–H groups in total. The number of nitrogens with zero attached hydrogens (tertiary/aromatic N) is 1. The summed E-state index contributed by atoms with van der Waals surface area (Å²) in [5, 5.41) is 0. The number of hydrogen-bond acceptors (Lipinski definition) is 2. The van der Waals surface area contributed by atoms with Gasteiger partial charge in [0.2, 0.25) is 0 Å². The monoisotopic (exact) mass is 307 g/mol. The number of benzene rings is 1. The molecule has 0 aliphatic rings. The van der Waals surface area contributed by atoms with Crippen LogP contribution in [0.15, 0.2) is 45.5 Å². The Labute approximate surface area is 115 Å². The van der Waals surface area contributed by atoms with Crippen LogP contribution < -0.4 is 0 Å². The molecule has 18 heavy (non-hydrogen) atoms. The number of rotatable bonds is 3. The van der Waals surface area contributed by atoms with E-state index in [0.29, 0.717) is 12.1 Å². The maximum Gasteiger partial charge on any atom is 0.253 e. The van der Waals surface area contributed by atoms with Crippen molar-refractivity contribution >= 4 is 21.8 Å². The normalized spacial score (nSPS) is 10.4. The molecule has 1 amide bonds. The van der Waals surface area contributed by atoms with Crippen LogP contribution in [0.5, 0.6) is 0 Å². The standard InChI is InChI=1S/C14H14BrNO2/c1-10-12(6-7-18-10)9-16(2)14(17)11-4-3-5-13(15)8-11/h3-8H,9H2,1-2H3. The Hall–Kier alpha value is -1.55. The molecule has 1 heterocycles. The molecule has 1 aromatic carbocycles. The predicted octanol–water partition coefficient (Wildman–Crippen LogP) is 3.62. The van der Waals surface area contributed by atoms with Gasteiger partial charge in [0.1, 0.15) is 5.76 Å². The molecule has 94 valence electrons. The van der Waals surface area contributed by atoms with Crippen molar-refractivity contribution in [2.75, 3.05) is 7.05 Å². The van der Waals surface area contributed by atoms with Gasteiger partial charge in [0.15, 0.2) is 0 Å². The van der Waals surface area contributed by atoms with Gasteiger partial charge in [-0.25, -0.2) is 0 Å². The summed E-state index contributed by atoms with van der Waals surface area (Å²) < 4.78 is 6.13. The second-order valence-corrected chi connectivity index (χ2v) is 5.09. The Bertz CT molecular complexity index is 562. The third-order valence-electron chi connectivity index (χ3n) is 2.79. The minimum atomic E-state index is -0.00287. The minimum absolute atomic E-state index is 0.00287. The van der Waals surface area contributed by atoms with E-state index >= 15 is 0 Å². The number of carbonyl (C=O) groups excluding carboxylic acids is 1. The fourth-order valence-electron chi connectivity index (χ4n) is 1.74. The van der Waals surface area contributed by atoms with E-state index in [-0.39, 0.29) is 5.91 Å². The van der Waals surface area contributed by atoms with Gasteiger partial charge in [-0.15, -0.1) is 0 Å². The molecule has 1 aromatic heterocycles. The molecule has 0 saturated carbocycles. The molecule has 0 fully saturated rings. The Morgan fingerprint density at radius 2 is 2.17 bits per heavy atom. The van der Waals surface area contributed by atoms with E-state index in [1.165, 1.54) is 0 Å². The number of amides is 1. The first-order chi connectivity index (χ1) is 8.58. The fraction of sp³-hybridized carbons (Fsp3) is 0.214. The highest BCUT2D eigenvalue weighted by molar-refractivity contribution is 9.10. The smallest absolute Gasteiger partial charge is 0.253 e. The van der Waals surface area contributed by atoms with Gasteiger partial charge in [0.25, 0.3) is 5.91 Å². The molecule has 0 saturated heterocycles. The quantitative estimate of drug-likeness (QED) is 0.867. The highest BCUT2D eigenvalue weighted by Crippen LogP contribution is 2.16. The van der Waals surface area contributed by atoms with Gasteiger partial charge in [-0.3, -0.25) is 4.79 Å². The first-order valence-corrected chi connectivity index (χ1v) is 6.41. The van der Waals surface area contributed by atoms with Crippen LogP contribution in [0, 0.1) is 6.92 Å². The zero-order valence-electron chi connectivity index (χ0n) is 10.3. The first kappa shape index (κ1) is 12.9. The summed E-state index contributed by atoms with van der Waals surface area (Å²) in [5.74, 6) is 0.848. The Kier molecular flexibility index (Phi) is 3.87. The predicted molar refractivity (Wildman–Crippen MR) is 73.4 cm³/mol. The molecule has 4 heteroatoms. The van der Waals surface area contributed by atoms with Crippen LogP contribution in [0.2, 0.25) is 0 Å². The lowest BCUT2D eigenvalue weighted by Crippen LogP contribution is -2.26. The van der Waals surface area contributed by atoms with E-state index in [1.807, 2.05) is 37.3 Å². The molecule has 0 unspecified atom stereocenters. The molecule has 0 aliphatic carbocycles. The molecule has 0 atom stereocenters. The highest BCUT2D eigenvalue weighted by Gasteiger charge is 2.13. The lowest BCUT2D eigenvalue weighted by atomic mass is 10.2. The first-order valence-electron chi connectivity index (χ1n) is 5.62. The van der Waals surface area contributed by atoms with Crippen molar-refractivity contribution in [1.29, 1.82) is 0 Å². The molecule has 0 spiro atoms. The molecule has 0 aliphatic heterocycles. The van der Waals surface area contributed by atoms with Gasteiger partial charge >= 0.3 is 0 Å². The Morgan fingerprint density at radius 3 is 2.78 bits per heavy atom. The average molecular weight is 308 g/mol. The van der Waals surface area contributed by atoms with Crippen LogP contribution in [-0.4, -0.2) is 17.9 Å². The van der Waals surface area contributed by atoms with Gasteiger partial charge in [-0.1, -0.05) is 22.0 Å². The van der Waals surface area contributed by atoms with Crippen LogP contribution >= 0.6 is 15.9 Å². The summed E-state index contributed by atoms with van der Waals surface area (Å²) in [6.45, 7) is 2.44. The topological polar surface area (TPSA) is 33.5 Å². The molecule has 2 rings (SSSR count). The van der Waals surface area contributed by atoms with Crippen molar-refractivity contribution in [3.05, 3.63) is 58.0 Å². The maximum atomic E-state index is 12.2. The largest absolute Gasteiger partial charge is 0.469 e. The summed E-state index contributed by atoms with van der Waals surface area (Å²) in [7, 11) is 1.79. The summed E-state index contributed by atoms with van der Waals surface area (Å²) >= 11 is 3.37. The van der Waals surface area contributed by atoms with Crippen LogP contribution in [0.4, 0.5) is 0 Å². The van der Waals surface area contributed by atoms with Crippen LogP contribution in [0.3, 0.4) is 0 Å². The van der Waals surface area contributed by atoms with Crippen molar-refractivity contribution in [2.24, 2.45) is 0 Å². The molecule has 0 radical (unpaired) electrons. The van der Waals surface area contributed by atoms with Crippen molar-refractivity contribution < 1.29 is 9.21 Å². The number of furan rings is 1. The lowest BCUT2D eigenvalue weighted by Gasteiger charge is -2.16. The molecule has 3 nitrogen and oxygen atoms in total. The van der Waals surface area contributed by atoms with Crippen molar-refractivity contribution in [3.8, 4) is 0 Å². The van der Waals surface area contributed by atoms with E-state index < -0.39 is 0 Å². The average Bonchev–Trinajstić information content (AvgIpc) is 2.74. The molecular weight excluding hydrogens is 294 g/mol. The molecule has 2 aromatic rings. The minimum Gasteiger partial charge on any atom is -0.469 e. The van der Waals surface area contributed by atoms with Gasteiger partial charge in [-0.2, -0.15) is 0 Å². The van der Waals surface area contributed by atoms with E-state index in [1.54, 1.807) is 18.2 Å². The van der Waals surface area contributed by atoms with Crippen molar-refractivity contribution in [2.45, 2.75) is 13.5 Å². The fourth-order valence-corrected chi connectivity index (χ4v) is 2.14. The van der Waals surface area contributed by atoms with Crippen LogP contribution in [0.1, 0.15) is 21.7 Å². The summed E-state index contributed by atoms with van der Waals surface area (Å²) in [4.78, 5) is 13.9. The zero-order chi connectivity index (χ0) is 13.1. The summed E-state index contributed by atoms with van der Waals surface area (Å²) in [6, 6.07) is 9.28. The van der Waals surface area contributed by atoms with Gasteiger partial charge in [-0.05, 0) is 31.2 Å². The maximum absolute atomic E-state index is 12.2. The van der Waals surface area contributed by atoms with Crippen molar-refractivity contribution in [3.63, 3.8) is 0 Å². The van der Waals surface area contributed by atoms with E-state index in [9.17, 15) is 4.79 Å². The Morgan fingerprint density at radius 1 is 1.39 bits per heavy atom. The molecule has 0 bridgehead atoms. The SMILES string of the molecule is Cc1occc1CN(C)C(=O)c1cccc(Br)c1. The number of carbonyl (C=O) groups is 1. The van der Waals surface area contributed by atoms with Crippen molar-refractivity contribution in [1.82, 2.24) is 4.90 Å². The Balaban J connectivity index is 2.12. The number of aryl methyl sites for hydroxylation is 1. The summed E-state index contributed by atoms with van der Waals surface area (Å²) in [5.41, 5.74) is 1.70. The third kappa shape index (κ3) is 2.82. The lowest BCUT2D eigenvalue weighted by molar-refractivity contribution is 0.0784. The second-order valence-electron chi connectivity index (χ2n) is 4.17. The second kappa shape index (κ2) is 5.40. The van der Waals surface area contributed by atoms with Gasteiger partial charge in [0.05, 0.1) is 6.26 Å². The number of halogens is 1. The van der Waals surface area contributed by atoms with Gasteiger partial charge in [0, 0.05) is 29.2 Å². The zero-order valence-corrected chi connectivity index (χ0v) is 11.9. The summed E-state index contributed by atoms with van der Waals surface area (Å²) in [6.07, 6.45) is 1.64. The van der Waals surface area contributed by atoms with E-state index in [0.717, 1.165) is 15.8 Å². The van der Waals surface area contributed by atoms with Crippen LogP contribution in [0.25, 0.3) is 0 Å². The highest BCUT2D eigenvalue weighted by atomic mass is 79.9. The molecular formula is C14H14BrNO2.